The average molecular weight is 295 g/mol. The van der Waals surface area contributed by atoms with Crippen LogP contribution in [0.1, 0.15) is 5.56 Å². The molecular weight excluding hydrogens is 287 g/mol. The van der Waals surface area contributed by atoms with Crippen LogP contribution in [0.5, 0.6) is 0 Å². The van der Waals surface area contributed by atoms with Crippen LogP contribution in [0.2, 0.25) is 10.0 Å². The number of para-hydroxylation sites is 1. The number of benzene rings is 2. The second kappa shape index (κ2) is 5.82. The molecule has 0 aliphatic rings. The highest BCUT2D eigenvalue weighted by Gasteiger charge is 2.08. The number of nitro groups is 1. The van der Waals surface area contributed by atoms with Gasteiger partial charge in [0.15, 0.2) is 0 Å². The predicted octanol–water partition coefficient (Wildman–Crippen LogP) is 4.65. The number of rotatable bonds is 3. The molecule has 19 heavy (non-hydrogen) atoms. The normalized spacial score (nSPS) is 10.8. The Labute approximate surface area is 119 Å². The van der Waals surface area contributed by atoms with E-state index >= 15 is 0 Å². The summed E-state index contributed by atoms with van der Waals surface area (Å²) in [6.45, 7) is 0. The summed E-state index contributed by atoms with van der Waals surface area (Å²) in [5.41, 5.74) is 1.01. The first-order valence-electron chi connectivity index (χ1n) is 5.30. The van der Waals surface area contributed by atoms with Crippen molar-refractivity contribution in [1.29, 1.82) is 0 Å². The monoisotopic (exact) mass is 294 g/mol. The Kier molecular flexibility index (Phi) is 4.14. The van der Waals surface area contributed by atoms with E-state index in [1.54, 1.807) is 24.3 Å². The lowest BCUT2D eigenvalue weighted by Crippen LogP contribution is -1.90. The molecule has 0 N–H and O–H groups in total. The van der Waals surface area contributed by atoms with Gasteiger partial charge in [-0.05, 0) is 18.2 Å². The SMILES string of the molecule is O=[N+]([O-])c1ccc(Cl)c(C=Nc2ccccc2Cl)c1. The molecule has 6 heteroatoms. The third-order valence-electron chi connectivity index (χ3n) is 2.39. The predicted molar refractivity (Wildman–Crippen MR) is 76.8 cm³/mol. The van der Waals surface area contributed by atoms with E-state index in [-0.39, 0.29) is 5.69 Å². The van der Waals surface area contributed by atoms with E-state index in [4.69, 9.17) is 23.2 Å². The summed E-state index contributed by atoms with van der Waals surface area (Å²) in [5, 5.41) is 11.6. The van der Waals surface area contributed by atoms with Crippen LogP contribution >= 0.6 is 23.2 Å². The minimum Gasteiger partial charge on any atom is -0.258 e. The summed E-state index contributed by atoms with van der Waals surface area (Å²) in [7, 11) is 0. The number of nitrogens with zero attached hydrogens (tertiary/aromatic N) is 2. The molecule has 0 bridgehead atoms. The van der Waals surface area contributed by atoms with Crippen LogP contribution in [0.25, 0.3) is 0 Å². The van der Waals surface area contributed by atoms with Gasteiger partial charge in [-0.25, -0.2) is 0 Å². The maximum Gasteiger partial charge on any atom is 0.270 e. The van der Waals surface area contributed by atoms with Crippen molar-refractivity contribution in [3.05, 3.63) is 68.2 Å². The molecule has 4 nitrogen and oxygen atoms in total. The van der Waals surface area contributed by atoms with Gasteiger partial charge < -0.3 is 0 Å². The smallest absolute Gasteiger partial charge is 0.258 e. The summed E-state index contributed by atoms with van der Waals surface area (Å²) < 4.78 is 0. The van der Waals surface area contributed by atoms with Crippen molar-refractivity contribution >= 4 is 40.8 Å². The van der Waals surface area contributed by atoms with Gasteiger partial charge in [-0.1, -0.05) is 35.3 Å². The van der Waals surface area contributed by atoms with Crippen molar-refractivity contribution in [2.24, 2.45) is 4.99 Å². The molecule has 2 aromatic carbocycles. The van der Waals surface area contributed by atoms with Crippen LogP contribution in [0.4, 0.5) is 11.4 Å². The number of halogens is 2. The van der Waals surface area contributed by atoms with Gasteiger partial charge in [0.05, 0.1) is 15.6 Å². The molecule has 0 aliphatic heterocycles. The van der Waals surface area contributed by atoms with Gasteiger partial charge in [0, 0.05) is 28.9 Å². The van der Waals surface area contributed by atoms with Gasteiger partial charge in [0.25, 0.3) is 5.69 Å². The zero-order chi connectivity index (χ0) is 13.8. The van der Waals surface area contributed by atoms with E-state index in [1.165, 1.54) is 24.4 Å². The minimum atomic E-state index is -0.483. The van der Waals surface area contributed by atoms with Gasteiger partial charge >= 0.3 is 0 Å². The first kappa shape index (κ1) is 13.5. The van der Waals surface area contributed by atoms with E-state index < -0.39 is 4.92 Å². The number of aliphatic imine (C=N–C) groups is 1. The molecule has 0 radical (unpaired) electrons. The van der Waals surface area contributed by atoms with Crippen molar-refractivity contribution in [2.75, 3.05) is 0 Å². The van der Waals surface area contributed by atoms with Crippen molar-refractivity contribution in [2.45, 2.75) is 0 Å². The highest BCUT2D eigenvalue weighted by Crippen LogP contribution is 2.25. The maximum atomic E-state index is 10.7. The van der Waals surface area contributed by atoms with E-state index in [1.807, 2.05) is 0 Å². The van der Waals surface area contributed by atoms with Crippen molar-refractivity contribution in [1.82, 2.24) is 0 Å². The Morgan fingerprint density at radius 1 is 1.11 bits per heavy atom. The van der Waals surface area contributed by atoms with Crippen molar-refractivity contribution in [3.63, 3.8) is 0 Å². The zero-order valence-electron chi connectivity index (χ0n) is 9.59. The fourth-order valence-corrected chi connectivity index (χ4v) is 1.79. The molecule has 0 heterocycles. The summed E-state index contributed by atoms with van der Waals surface area (Å²) in [4.78, 5) is 14.4. The van der Waals surface area contributed by atoms with Crippen LogP contribution in [-0.2, 0) is 0 Å². The molecule has 0 amide bonds. The molecule has 0 aliphatic carbocycles. The summed E-state index contributed by atoms with van der Waals surface area (Å²) in [6, 6.07) is 11.2. The van der Waals surface area contributed by atoms with Gasteiger partial charge in [-0.3, -0.25) is 15.1 Å². The van der Waals surface area contributed by atoms with Crippen LogP contribution in [-0.4, -0.2) is 11.1 Å². The van der Waals surface area contributed by atoms with Gasteiger partial charge in [-0.15, -0.1) is 0 Å². The Balaban J connectivity index is 2.35. The summed E-state index contributed by atoms with van der Waals surface area (Å²) in [5.74, 6) is 0. The van der Waals surface area contributed by atoms with Gasteiger partial charge in [0.2, 0.25) is 0 Å². The van der Waals surface area contributed by atoms with E-state index in [0.29, 0.717) is 21.3 Å². The zero-order valence-corrected chi connectivity index (χ0v) is 11.1. The van der Waals surface area contributed by atoms with Crippen molar-refractivity contribution < 1.29 is 4.92 Å². The second-order valence-electron chi connectivity index (χ2n) is 3.67. The van der Waals surface area contributed by atoms with Gasteiger partial charge in [0.1, 0.15) is 0 Å². The standard InChI is InChI=1S/C13H8Cl2N2O2/c14-11-6-5-10(17(18)19)7-9(11)8-16-13-4-2-1-3-12(13)15/h1-8H. The van der Waals surface area contributed by atoms with E-state index in [9.17, 15) is 10.1 Å². The molecular formula is C13H8Cl2N2O2. The molecule has 0 spiro atoms. The largest absolute Gasteiger partial charge is 0.270 e. The second-order valence-corrected chi connectivity index (χ2v) is 4.49. The number of hydrogen-bond donors (Lipinski definition) is 0. The average Bonchev–Trinajstić information content (AvgIpc) is 2.39. The lowest BCUT2D eigenvalue weighted by molar-refractivity contribution is -0.384. The lowest BCUT2D eigenvalue weighted by atomic mass is 10.2. The Hall–Kier alpha value is -1.91. The number of non-ortho nitro benzene ring substituents is 1. The Morgan fingerprint density at radius 3 is 2.53 bits per heavy atom. The number of hydrogen-bond acceptors (Lipinski definition) is 3. The highest BCUT2D eigenvalue weighted by molar-refractivity contribution is 6.34. The molecule has 0 aromatic heterocycles. The number of nitro benzene ring substituents is 1. The fraction of sp³-hybridized carbons (Fsp3) is 0. The highest BCUT2D eigenvalue weighted by atomic mass is 35.5. The van der Waals surface area contributed by atoms with E-state index in [0.717, 1.165) is 0 Å². The first-order chi connectivity index (χ1) is 9.08. The third kappa shape index (κ3) is 3.30. The van der Waals surface area contributed by atoms with Crippen LogP contribution < -0.4 is 0 Å². The van der Waals surface area contributed by atoms with Crippen LogP contribution in [0.3, 0.4) is 0 Å². The topological polar surface area (TPSA) is 55.5 Å². The van der Waals surface area contributed by atoms with Crippen LogP contribution in [0, 0.1) is 10.1 Å². The summed E-state index contributed by atoms with van der Waals surface area (Å²) >= 11 is 11.9. The quantitative estimate of drug-likeness (QED) is 0.470. The molecule has 0 saturated carbocycles. The van der Waals surface area contributed by atoms with Gasteiger partial charge in [-0.2, -0.15) is 0 Å². The molecule has 0 saturated heterocycles. The van der Waals surface area contributed by atoms with Crippen molar-refractivity contribution in [3.8, 4) is 0 Å². The Morgan fingerprint density at radius 2 is 1.84 bits per heavy atom. The summed E-state index contributed by atoms with van der Waals surface area (Å²) in [6.07, 6.45) is 1.45. The first-order valence-corrected chi connectivity index (χ1v) is 6.06. The molecule has 0 atom stereocenters. The minimum absolute atomic E-state index is 0.0370. The fourth-order valence-electron chi connectivity index (χ4n) is 1.44. The maximum absolute atomic E-state index is 10.7. The Bertz CT molecular complexity index is 657. The molecule has 0 unspecified atom stereocenters. The molecule has 96 valence electrons. The van der Waals surface area contributed by atoms with Crippen LogP contribution in [0.15, 0.2) is 47.5 Å². The molecule has 2 aromatic rings. The third-order valence-corrected chi connectivity index (χ3v) is 3.05. The molecule has 2 rings (SSSR count). The van der Waals surface area contributed by atoms with E-state index in [2.05, 4.69) is 4.99 Å². The molecule has 0 fully saturated rings. The lowest BCUT2D eigenvalue weighted by Gasteiger charge is -1.99.